The summed E-state index contributed by atoms with van der Waals surface area (Å²) in [5.41, 5.74) is 5.34. The molecule has 1 aromatic carbocycles. The van der Waals surface area contributed by atoms with Crippen LogP contribution in [0.4, 0.5) is 0 Å². The molecule has 1 amide bonds. The third kappa shape index (κ3) is 4.56. The van der Waals surface area contributed by atoms with Gasteiger partial charge in [0.1, 0.15) is 0 Å². The predicted molar refractivity (Wildman–Crippen MR) is 110 cm³/mol. The summed E-state index contributed by atoms with van der Waals surface area (Å²) >= 11 is 0. The number of rotatable bonds is 5. The van der Waals surface area contributed by atoms with E-state index in [4.69, 9.17) is 0 Å². The Morgan fingerprint density at radius 1 is 1.19 bits per heavy atom. The van der Waals surface area contributed by atoms with E-state index in [1.54, 1.807) is 13.8 Å². The van der Waals surface area contributed by atoms with Gasteiger partial charge in [-0.2, -0.15) is 0 Å². The highest BCUT2D eigenvalue weighted by atomic mass is 32.2. The number of sulfone groups is 1. The van der Waals surface area contributed by atoms with Crippen molar-refractivity contribution in [3.05, 3.63) is 34.4 Å². The minimum atomic E-state index is -3.00. The van der Waals surface area contributed by atoms with Gasteiger partial charge in [0.05, 0.1) is 17.4 Å². The van der Waals surface area contributed by atoms with Gasteiger partial charge in [0, 0.05) is 13.1 Å². The van der Waals surface area contributed by atoms with Gasteiger partial charge in [0.25, 0.3) is 0 Å². The molecule has 1 unspecified atom stereocenters. The summed E-state index contributed by atoms with van der Waals surface area (Å²) < 4.78 is 24.2. The molecule has 0 bridgehead atoms. The molecular formula is C22H33NO3S. The van der Waals surface area contributed by atoms with Crippen molar-refractivity contribution >= 4 is 15.7 Å². The molecule has 0 aromatic heterocycles. The second kappa shape index (κ2) is 7.94. The molecule has 5 heteroatoms. The lowest BCUT2D eigenvalue weighted by Crippen LogP contribution is -2.41. The van der Waals surface area contributed by atoms with Crippen LogP contribution in [0.2, 0.25) is 0 Å². The molecular weight excluding hydrogens is 358 g/mol. The van der Waals surface area contributed by atoms with Gasteiger partial charge >= 0.3 is 0 Å². The normalized spacial score (nSPS) is 20.9. The number of likely N-dealkylation sites (tertiary alicyclic amines) is 1. The second-order valence-electron chi connectivity index (χ2n) is 8.80. The summed E-state index contributed by atoms with van der Waals surface area (Å²) in [7, 11) is -3.00. The van der Waals surface area contributed by atoms with Crippen LogP contribution in [0, 0.1) is 12.8 Å². The Morgan fingerprint density at radius 3 is 2.48 bits per heavy atom. The SMILES string of the molecule is Cc1cc(CC(=O)N2CCC(CS(=O)(=O)C(C)C)CC2)cc2c1C(C)CC2. The summed E-state index contributed by atoms with van der Waals surface area (Å²) in [6.07, 6.45) is 4.36. The highest BCUT2D eigenvalue weighted by molar-refractivity contribution is 7.91. The first-order chi connectivity index (χ1) is 12.7. The van der Waals surface area contributed by atoms with E-state index >= 15 is 0 Å². The largest absolute Gasteiger partial charge is 0.342 e. The van der Waals surface area contributed by atoms with Gasteiger partial charge in [0.15, 0.2) is 9.84 Å². The van der Waals surface area contributed by atoms with Crippen molar-refractivity contribution in [2.75, 3.05) is 18.8 Å². The predicted octanol–water partition coefficient (Wildman–Crippen LogP) is 3.65. The summed E-state index contributed by atoms with van der Waals surface area (Å²) in [6, 6.07) is 4.41. The molecule has 0 N–H and O–H groups in total. The smallest absolute Gasteiger partial charge is 0.226 e. The molecule has 1 fully saturated rings. The number of carbonyl (C=O) groups excluding carboxylic acids is 1. The van der Waals surface area contributed by atoms with Crippen LogP contribution in [0.1, 0.15) is 68.2 Å². The lowest BCUT2D eigenvalue weighted by molar-refractivity contribution is -0.131. The van der Waals surface area contributed by atoms with Crippen molar-refractivity contribution in [3.8, 4) is 0 Å². The Labute approximate surface area is 164 Å². The number of nitrogens with zero attached hydrogens (tertiary/aromatic N) is 1. The molecule has 1 aromatic rings. The number of hydrogen-bond donors (Lipinski definition) is 0. The minimum Gasteiger partial charge on any atom is -0.342 e. The molecule has 1 heterocycles. The lowest BCUT2D eigenvalue weighted by Gasteiger charge is -2.32. The zero-order valence-electron chi connectivity index (χ0n) is 17.1. The fraction of sp³-hybridized carbons (Fsp3) is 0.682. The molecule has 1 aliphatic carbocycles. The van der Waals surface area contributed by atoms with Crippen molar-refractivity contribution in [1.29, 1.82) is 0 Å². The molecule has 0 radical (unpaired) electrons. The van der Waals surface area contributed by atoms with Crippen LogP contribution in [0.5, 0.6) is 0 Å². The number of fused-ring (bicyclic) bond motifs is 1. The van der Waals surface area contributed by atoms with Crippen LogP contribution in [-0.2, 0) is 27.5 Å². The van der Waals surface area contributed by atoms with E-state index in [1.165, 1.54) is 23.1 Å². The molecule has 2 aliphatic rings. The Bertz CT molecular complexity index is 805. The Morgan fingerprint density at radius 2 is 1.85 bits per heavy atom. The third-order valence-corrected chi connectivity index (χ3v) is 8.75. The van der Waals surface area contributed by atoms with Crippen LogP contribution in [-0.4, -0.2) is 43.3 Å². The first-order valence-corrected chi connectivity index (χ1v) is 12.0. The molecule has 27 heavy (non-hydrogen) atoms. The summed E-state index contributed by atoms with van der Waals surface area (Å²) in [5, 5.41) is -0.317. The highest BCUT2D eigenvalue weighted by Crippen LogP contribution is 2.36. The highest BCUT2D eigenvalue weighted by Gasteiger charge is 2.28. The lowest BCUT2D eigenvalue weighted by atomic mass is 9.94. The van der Waals surface area contributed by atoms with Crippen molar-refractivity contribution < 1.29 is 13.2 Å². The van der Waals surface area contributed by atoms with E-state index in [1.807, 2.05) is 4.90 Å². The maximum absolute atomic E-state index is 12.8. The van der Waals surface area contributed by atoms with E-state index in [0.29, 0.717) is 25.4 Å². The van der Waals surface area contributed by atoms with Crippen LogP contribution >= 0.6 is 0 Å². The van der Waals surface area contributed by atoms with Crippen LogP contribution < -0.4 is 0 Å². The van der Waals surface area contributed by atoms with Gasteiger partial charge in [-0.1, -0.05) is 19.1 Å². The molecule has 4 nitrogen and oxygen atoms in total. The standard InChI is InChI=1S/C22H33NO3S/c1-15(2)27(25,26)14-18-7-9-23(10-8-18)21(24)13-19-11-17(4)22-16(3)5-6-20(22)12-19/h11-12,15-16,18H,5-10,13-14H2,1-4H3. The summed E-state index contributed by atoms with van der Waals surface area (Å²) in [6.45, 7) is 9.29. The second-order valence-corrected chi connectivity index (χ2v) is 11.4. The van der Waals surface area contributed by atoms with E-state index in [2.05, 4.69) is 26.0 Å². The summed E-state index contributed by atoms with van der Waals surface area (Å²) in [4.78, 5) is 14.7. The first kappa shape index (κ1) is 20.4. The zero-order chi connectivity index (χ0) is 19.8. The quantitative estimate of drug-likeness (QED) is 0.770. The monoisotopic (exact) mass is 391 g/mol. The van der Waals surface area contributed by atoms with Crippen molar-refractivity contribution in [2.24, 2.45) is 5.92 Å². The average Bonchev–Trinajstić information content (AvgIpc) is 2.96. The van der Waals surface area contributed by atoms with Gasteiger partial charge < -0.3 is 4.90 Å². The maximum atomic E-state index is 12.8. The van der Waals surface area contributed by atoms with Gasteiger partial charge in [-0.15, -0.1) is 0 Å². The molecule has 150 valence electrons. The Kier molecular flexibility index (Phi) is 5.99. The molecule has 1 saturated heterocycles. The number of benzene rings is 1. The van der Waals surface area contributed by atoms with Crippen LogP contribution in [0.3, 0.4) is 0 Å². The Hall–Kier alpha value is -1.36. The van der Waals surface area contributed by atoms with Crippen molar-refractivity contribution in [3.63, 3.8) is 0 Å². The molecule has 0 spiro atoms. The van der Waals surface area contributed by atoms with Gasteiger partial charge in [0.2, 0.25) is 5.91 Å². The van der Waals surface area contributed by atoms with Crippen molar-refractivity contribution in [2.45, 2.75) is 71.0 Å². The molecule has 0 saturated carbocycles. The van der Waals surface area contributed by atoms with E-state index < -0.39 is 9.84 Å². The molecule has 1 atom stereocenters. The van der Waals surface area contributed by atoms with Crippen molar-refractivity contribution in [1.82, 2.24) is 4.90 Å². The van der Waals surface area contributed by atoms with E-state index in [9.17, 15) is 13.2 Å². The molecule has 3 rings (SSSR count). The van der Waals surface area contributed by atoms with Crippen LogP contribution in [0.15, 0.2) is 12.1 Å². The summed E-state index contributed by atoms with van der Waals surface area (Å²) in [5.74, 6) is 1.25. The third-order valence-electron chi connectivity index (χ3n) is 6.38. The number of amides is 1. The topological polar surface area (TPSA) is 54.5 Å². The Balaban J connectivity index is 1.57. The fourth-order valence-electron chi connectivity index (χ4n) is 4.64. The number of hydrogen-bond acceptors (Lipinski definition) is 3. The van der Waals surface area contributed by atoms with Gasteiger partial charge in [-0.25, -0.2) is 8.42 Å². The van der Waals surface area contributed by atoms with Gasteiger partial charge in [-0.3, -0.25) is 4.79 Å². The zero-order valence-corrected chi connectivity index (χ0v) is 17.9. The van der Waals surface area contributed by atoms with Gasteiger partial charge in [-0.05, 0) is 80.5 Å². The molecule has 1 aliphatic heterocycles. The number of carbonyl (C=O) groups is 1. The number of aryl methyl sites for hydroxylation is 2. The van der Waals surface area contributed by atoms with E-state index in [-0.39, 0.29) is 22.8 Å². The average molecular weight is 392 g/mol. The van der Waals surface area contributed by atoms with Crippen LogP contribution in [0.25, 0.3) is 0 Å². The number of piperidine rings is 1. The first-order valence-electron chi connectivity index (χ1n) is 10.3. The minimum absolute atomic E-state index is 0.172. The maximum Gasteiger partial charge on any atom is 0.226 e. The van der Waals surface area contributed by atoms with E-state index in [0.717, 1.165) is 24.8 Å². The fourth-order valence-corrected chi connectivity index (χ4v) is 6.01.